The molecule has 42 heavy (non-hydrogen) atoms. The number of nitro benzene ring substituents is 1. The van der Waals surface area contributed by atoms with Gasteiger partial charge in [-0.25, -0.2) is 5.43 Å². The predicted molar refractivity (Wildman–Crippen MR) is 165 cm³/mol. The summed E-state index contributed by atoms with van der Waals surface area (Å²) >= 11 is 0. The van der Waals surface area contributed by atoms with Crippen LogP contribution in [-0.4, -0.2) is 26.2 Å². The van der Waals surface area contributed by atoms with E-state index < -0.39 is 4.92 Å². The molecule has 6 aromatic rings. The number of carbonyl (C=O) groups is 1. The monoisotopic (exact) mass is 553 g/mol. The van der Waals surface area contributed by atoms with Gasteiger partial charge in [-0.2, -0.15) is 5.10 Å². The van der Waals surface area contributed by atoms with Crippen LogP contribution in [0.2, 0.25) is 0 Å². The van der Waals surface area contributed by atoms with Crippen molar-refractivity contribution in [3.05, 3.63) is 154 Å². The summed E-state index contributed by atoms with van der Waals surface area (Å²) in [6.07, 6.45) is 3.55. The predicted octanol–water partition coefficient (Wildman–Crippen LogP) is 7.13. The van der Waals surface area contributed by atoms with E-state index in [-0.39, 0.29) is 11.6 Å². The molecule has 4 aromatic carbocycles. The second-order valence-corrected chi connectivity index (χ2v) is 9.96. The van der Waals surface area contributed by atoms with Crippen molar-refractivity contribution < 1.29 is 9.72 Å². The molecule has 206 valence electrons. The van der Waals surface area contributed by atoms with Gasteiger partial charge < -0.3 is 9.13 Å². The van der Waals surface area contributed by atoms with Gasteiger partial charge in [0.15, 0.2) is 0 Å². The number of non-ortho nitro benzene ring substituents is 1. The summed E-state index contributed by atoms with van der Waals surface area (Å²) in [4.78, 5) is 23.7. The number of rotatable bonds is 8. The quantitative estimate of drug-likeness (QED) is 0.123. The SMILES string of the molecule is Cc1ccc(-c2ccccc2)n1-c1ccc(C(=O)N/N=C/c2cn(Cc3cccc([N+](=O)[O-])c3)c3ccccc23)cc1. The normalized spacial score (nSPS) is 11.3. The summed E-state index contributed by atoms with van der Waals surface area (Å²) in [5, 5.41) is 16.4. The Morgan fingerprint density at radius 1 is 0.905 bits per heavy atom. The fraction of sp³-hybridized carbons (Fsp3) is 0.0588. The first-order valence-corrected chi connectivity index (χ1v) is 13.5. The molecule has 1 amide bonds. The topological polar surface area (TPSA) is 94.5 Å². The van der Waals surface area contributed by atoms with Crippen LogP contribution in [0.25, 0.3) is 27.8 Å². The summed E-state index contributed by atoms with van der Waals surface area (Å²) in [6.45, 7) is 2.52. The highest BCUT2D eigenvalue weighted by Gasteiger charge is 2.12. The van der Waals surface area contributed by atoms with Crippen LogP contribution in [0.3, 0.4) is 0 Å². The molecule has 0 aliphatic heterocycles. The van der Waals surface area contributed by atoms with Crippen LogP contribution in [0.4, 0.5) is 5.69 Å². The molecule has 0 unspecified atom stereocenters. The fourth-order valence-electron chi connectivity index (χ4n) is 5.18. The summed E-state index contributed by atoms with van der Waals surface area (Å²) < 4.78 is 4.18. The molecule has 2 heterocycles. The van der Waals surface area contributed by atoms with E-state index in [0.29, 0.717) is 12.1 Å². The molecule has 0 saturated heterocycles. The molecule has 0 aliphatic carbocycles. The Morgan fingerprint density at radius 2 is 1.67 bits per heavy atom. The van der Waals surface area contributed by atoms with Crippen molar-refractivity contribution in [2.45, 2.75) is 13.5 Å². The third kappa shape index (κ3) is 5.33. The van der Waals surface area contributed by atoms with Crippen molar-refractivity contribution in [1.29, 1.82) is 0 Å². The van der Waals surface area contributed by atoms with E-state index in [1.54, 1.807) is 30.5 Å². The van der Waals surface area contributed by atoms with Gasteiger partial charge in [-0.15, -0.1) is 0 Å². The maximum atomic E-state index is 12.9. The third-order valence-corrected chi connectivity index (χ3v) is 7.20. The summed E-state index contributed by atoms with van der Waals surface area (Å²) in [6, 6.07) is 36.3. The Balaban J connectivity index is 1.18. The van der Waals surface area contributed by atoms with E-state index in [0.717, 1.165) is 44.7 Å². The van der Waals surface area contributed by atoms with Gasteiger partial charge in [0.2, 0.25) is 0 Å². The minimum absolute atomic E-state index is 0.0571. The van der Waals surface area contributed by atoms with Crippen LogP contribution in [-0.2, 0) is 6.54 Å². The average Bonchev–Trinajstić information content (AvgIpc) is 3.58. The zero-order chi connectivity index (χ0) is 29.1. The highest BCUT2D eigenvalue weighted by atomic mass is 16.6. The molecular weight excluding hydrogens is 526 g/mol. The van der Waals surface area contributed by atoms with Gasteiger partial charge in [-0.1, -0.05) is 60.7 Å². The lowest BCUT2D eigenvalue weighted by Crippen LogP contribution is -2.17. The maximum absolute atomic E-state index is 12.9. The average molecular weight is 554 g/mol. The van der Waals surface area contributed by atoms with Crippen molar-refractivity contribution in [3.63, 3.8) is 0 Å². The third-order valence-electron chi connectivity index (χ3n) is 7.20. The largest absolute Gasteiger partial charge is 0.342 e. The first-order valence-electron chi connectivity index (χ1n) is 13.5. The number of benzene rings is 4. The Labute approximate surface area is 242 Å². The van der Waals surface area contributed by atoms with Gasteiger partial charge >= 0.3 is 0 Å². The molecule has 0 atom stereocenters. The zero-order valence-corrected chi connectivity index (χ0v) is 22.8. The van der Waals surface area contributed by atoms with Crippen molar-refractivity contribution >= 4 is 28.7 Å². The number of hydrogen-bond acceptors (Lipinski definition) is 4. The highest BCUT2D eigenvalue weighted by Crippen LogP contribution is 2.27. The van der Waals surface area contributed by atoms with Crippen LogP contribution in [0.15, 0.2) is 127 Å². The van der Waals surface area contributed by atoms with E-state index in [9.17, 15) is 14.9 Å². The number of carbonyl (C=O) groups excluding carboxylic acids is 1. The molecule has 8 nitrogen and oxygen atoms in total. The molecule has 1 N–H and O–H groups in total. The van der Waals surface area contributed by atoms with E-state index in [1.165, 1.54) is 6.07 Å². The van der Waals surface area contributed by atoms with Crippen molar-refractivity contribution in [3.8, 4) is 16.9 Å². The molecule has 6 rings (SSSR count). The molecule has 0 fully saturated rings. The van der Waals surface area contributed by atoms with Gasteiger partial charge in [0.25, 0.3) is 11.6 Å². The summed E-state index contributed by atoms with van der Waals surface area (Å²) in [7, 11) is 0. The molecule has 0 aliphatic rings. The van der Waals surface area contributed by atoms with Crippen LogP contribution >= 0.6 is 0 Å². The Kier molecular flexibility index (Phi) is 7.17. The van der Waals surface area contributed by atoms with E-state index in [1.807, 2.05) is 71.4 Å². The van der Waals surface area contributed by atoms with Gasteiger partial charge in [0.1, 0.15) is 0 Å². The second-order valence-electron chi connectivity index (χ2n) is 9.96. The van der Waals surface area contributed by atoms with E-state index in [2.05, 4.69) is 46.3 Å². The van der Waals surface area contributed by atoms with Gasteiger partial charge in [-0.3, -0.25) is 14.9 Å². The molecule has 0 saturated carbocycles. The highest BCUT2D eigenvalue weighted by molar-refractivity contribution is 6.00. The molecule has 0 bridgehead atoms. The van der Waals surface area contributed by atoms with Gasteiger partial charge in [0, 0.05) is 58.3 Å². The number of aryl methyl sites for hydroxylation is 1. The van der Waals surface area contributed by atoms with Crippen LogP contribution in [0.1, 0.15) is 27.2 Å². The number of nitrogens with one attached hydrogen (secondary N) is 1. The lowest BCUT2D eigenvalue weighted by Gasteiger charge is -2.12. The van der Waals surface area contributed by atoms with Crippen molar-refractivity contribution in [2.75, 3.05) is 0 Å². The van der Waals surface area contributed by atoms with Crippen LogP contribution in [0.5, 0.6) is 0 Å². The Bertz CT molecular complexity index is 1940. The lowest BCUT2D eigenvalue weighted by molar-refractivity contribution is -0.384. The van der Waals surface area contributed by atoms with Crippen molar-refractivity contribution in [2.24, 2.45) is 5.10 Å². The minimum Gasteiger partial charge on any atom is -0.342 e. The molecule has 2 aromatic heterocycles. The van der Waals surface area contributed by atoms with Gasteiger partial charge in [0.05, 0.1) is 16.8 Å². The number of hydrogen-bond donors (Lipinski definition) is 1. The minimum atomic E-state index is -0.394. The molecular formula is C34H27N5O3. The second kappa shape index (κ2) is 11.4. The van der Waals surface area contributed by atoms with Crippen LogP contribution < -0.4 is 5.43 Å². The van der Waals surface area contributed by atoms with E-state index >= 15 is 0 Å². The Hall–Kier alpha value is -5.76. The summed E-state index contributed by atoms with van der Waals surface area (Å²) in [5.74, 6) is -0.314. The number of amides is 1. The number of hydrazone groups is 1. The molecule has 0 spiro atoms. The van der Waals surface area contributed by atoms with Gasteiger partial charge in [-0.05, 0) is 60.5 Å². The fourth-order valence-corrected chi connectivity index (χ4v) is 5.18. The number of nitro groups is 1. The number of para-hydroxylation sites is 1. The number of aromatic nitrogens is 2. The molecule has 0 radical (unpaired) electrons. The van der Waals surface area contributed by atoms with Crippen molar-refractivity contribution in [1.82, 2.24) is 14.6 Å². The zero-order valence-electron chi connectivity index (χ0n) is 22.8. The first kappa shape index (κ1) is 26.5. The van der Waals surface area contributed by atoms with E-state index in [4.69, 9.17) is 0 Å². The Morgan fingerprint density at radius 3 is 2.45 bits per heavy atom. The number of nitrogens with zero attached hydrogens (tertiary/aromatic N) is 4. The standard InChI is InChI=1S/C34H27N5O3/c1-24-14-19-32(26-9-3-2-4-10-26)38(24)29-17-15-27(16-18-29)34(40)36-35-21-28-23-37(33-13-6-5-12-31(28)33)22-25-8-7-11-30(20-25)39(41)42/h2-21,23H,22H2,1H3,(H,36,40)/b35-21+. The lowest BCUT2D eigenvalue weighted by atomic mass is 10.1. The first-order chi connectivity index (χ1) is 20.5. The maximum Gasteiger partial charge on any atom is 0.271 e. The number of fused-ring (bicyclic) bond motifs is 1. The molecule has 8 heteroatoms. The smallest absolute Gasteiger partial charge is 0.271 e. The summed E-state index contributed by atoms with van der Waals surface area (Å²) in [5.41, 5.74) is 10.0. The van der Waals surface area contributed by atoms with Crippen LogP contribution in [0, 0.1) is 17.0 Å².